The molecule has 0 spiro atoms. The van der Waals surface area contributed by atoms with Gasteiger partial charge in [-0.15, -0.1) is 12.4 Å². The number of nitrogens with two attached hydrogens (primary N) is 1. The van der Waals surface area contributed by atoms with Crippen molar-refractivity contribution >= 4 is 34.2 Å². The third-order valence-corrected chi connectivity index (χ3v) is 3.29. The normalized spacial score (nSPS) is 9.79. The van der Waals surface area contributed by atoms with E-state index in [9.17, 15) is 4.79 Å². The Morgan fingerprint density at radius 2 is 1.74 bits per heavy atom. The summed E-state index contributed by atoms with van der Waals surface area (Å²) < 4.78 is 1.05. The van der Waals surface area contributed by atoms with Crippen LogP contribution in [0.2, 0.25) is 0 Å². The number of nitrogens with one attached hydrogen (secondary N) is 1. The lowest BCUT2D eigenvalue weighted by molar-refractivity contribution is -0.121. The van der Waals surface area contributed by atoms with Gasteiger partial charge in [-0.05, 0) is 37.1 Å². The maximum absolute atomic E-state index is 11.6. The molecular formula is C14H22BrClN2O. The van der Waals surface area contributed by atoms with Gasteiger partial charge in [0.05, 0.1) is 0 Å². The zero-order chi connectivity index (χ0) is 13.2. The van der Waals surface area contributed by atoms with E-state index >= 15 is 0 Å². The highest BCUT2D eigenvalue weighted by atomic mass is 79.9. The molecule has 0 saturated carbocycles. The van der Waals surface area contributed by atoms with Crippen molar-refractivity contribution < 1.29 is 4.79 Å². The van der Waals surface area contributed by atoms with E-state index in [0.717, 1.165) is 42.3 Å². The van der Waals surface area contributed by atoms with Crippen molar-refractivity contribution in [2.45, 2.75) is 38.6 Å². The van der Waals surface area contributed by atoms with Crippen LogP contribution in [-0.4, -0.2) is 12.5 Å². The lowest BCUT2D eigenvalue weighted by atomic mass is 10.1. The van der Waals surface area contributed by atoms with E-state index in [2.05, 4.69) is 21.2 Å². The Balaban J connectivity index is 0.00000324. The van der Waals surface area contributed by atoms with E-state index < -0.39 is 0 Å². The van der Waals surface area contributed by atoms with Crippen LogP contribution in [-0.2, 0) is 11.3 Å². The third kappa shape index (κ3) is 9.03. The second-order valence-electron chi connectivity index (χ2n) is 4.36. The molecule has 1 aromatic carbocycles. The number of carbonyl (C=O) groups is 1. The first-order valence-electron chi connectivity index (χ1n) is 6.43. The molecule has 0 unspecified atom stereocenters. The Morgan fingerprint density at radius 3 is 2.37 bits per heavy atom. The molecule has 1 aromatic rings. The first-order chi connectivity index (χ1) is 8.72. The predicted octanol–water partition coefficient (Wildman–Crippen LogP) is 3.40. The lowest BCUT2D eigenvalue weighted by Gasteiger charge is -2.05. The average molecular weight is 350 g/mol. The summed E-state index contributed by atoms with van der Waals surface area (Å²) in [6.45, 7) is 1.35. The van der Waals surface area contributed by atoms with E-state index in [1.54, 1.807) is 0 Å². The quantitative estimate of drug-likeness (QED) is 0.707. The first kappa shape index (κ1) is 18.4. The van der Waals surface area contributed by atoms with E-state index in [1.165, 1.54) is 0 Å². The Hall–Kier alpha value is -0.580. The summed E-state index contributed by atoms with van der Waals surface area (Å²) in [5.41, 5.74) is 6.53. The van der Waals surface area contributed by atoms with Gasteiger partial charge in [-0.25, -0.2) is 0 Å². The summed E-state index contributed by atoms with van der Waals surface area (Å²) >= 11 is 3.38. The highest BCUT2D eigenvalue weighted by Gasteiger charge is 2.01. The molecule has 0 aliphatic carbocycles. The van der Waals surface area contributed by atoms with Gasteiger partial charge < -0.3 is 11.1 Å². The molecular weight excluding hydrogens is 328 g/mol. The number of unbranched alkanes of at least 4 members (excludes halogenated alkanes) is 3. The minimum absolute atomic E-state index is 0. The van der Waals surface area contributed by atoms with Gasteiger partial charge in [0.1, 0.15) is 0 Å². The highest BCUT2D eigenvalue weighted by molar-refractivity contribution is 9.10. The number of amides is 1. The van der Waals surface area contributed by atoms with E-state index in [1.807, 2.05) is 24.3 Å². The number of hydrogen-bond acceptors (Lipinski definition) is 2. The van der Waals surface area contributed by atoms with Crippen LogP contribution in [0.5, 0.6) is 0 Å². The summed E-state index contributed by atoms with van der Waals surface area (Å²) in [4.78, 5) is 11.6. The minimum atomic E-state index is 0. The molecule has 3 N–H and O–H groups in total. The Morgan fingerprint density at radius 1 is 1.11 bits per heavy atom. The second-order valence-corrected chi connectivity index (χ2v) is 5.27. The Labute approximate surface area is 129 Å². The molecule has 0 aliphatic heterocycles. The maximum atomic E-state index is 11.6. The van der Waals surface area contributed by atoms with E-state index in [-0.39, 0.29) is 18.3 Å². The number of hydrogen-bond donors (Lipinski definition) is 2. The van der Waals surface area contributed by atoms with E-state index in [4.69, 9.17) is 5.73 Å². The molecule has 108 valence electrons. The maximum Gasteiger partial charge on any atom is 0.220 e. The molecule has 0 atom stereocenters. The fourth-order valence-corrected chi connectivity index (χ4v) is 1.94. The van der Waals surface area contributed by atoms with Gasteiger partial charge in [-0.1, -0.05) is 40.9 Å². The summed E-state index contributed by atoms with van der Waals surface area (Å²) in [5, 5.41) is 2.93. The largest absolute Gasteiger partial charge is 0.352 e. The SMILES string of the molecule is Cl.NCCCCCCC(=O)NCc1ccc(Br)cc1. The minimum Gasteiger partial charge on any atom is -0.352 e. The molecule has 1 amide bonds. The topological polar surface area (TPSA) is 55.1 Å². The van der Waals surface area contributed by atoms with Crippen molar-refractivity contribution in [3.8, 4) is 0 Å². The first-order valence-corrected chi connectivity index (χ1v) is 7.23. The van der Waals surface area contributed by atoms with Crippen molar-refractivity contribution in [1.82, 2.24) is 5.32 Å². The standard InChI is InChI=1S/C14H21BrN2O.ClH/c15-13-8-6-12(7-9-13)11-17-14(18)5-3-1-2-4-10-16;/h6-9H,1-5,10-11,16H2,(H,17,18);1H. The summed E-state index contributed by atoms with van der Waals surface area (Å²) in [7, 11) is 0. The molecule has 5 heteroatoms. The second kappa shape index (κ2) is 11.3. The average Bonchev–Trinajstić information content (AvgIpc) is 2.38. The van der Waals surface area contributed by atoms with Crippen LogP contribution >= 0.6 is 28.3 Å². The predicted molar refractivity (Wildman–Crippen MR) is 85.4 cm³/mol. The molecule has 0 fully saturated rings. The highest BCUT2D eigenvalue weighted by Crippen LogP contribution is 2.10. The Bertz CT molecular complexity index is 357. The number of benzene rings is 1. The summed E-state index contributed by atoms with van der Waals surface area (Å²) in [5.74, 6) is 0.130. The molecule has 0 bridgehead atoms. The van der Waals surface area contributed by atoms with Crippen molar-refractivity contribution in [3.05, 3.63) is 34.3 Å². The lowest BCUT2D eigenvalue weighted by Crippen LogP contribution is -2.22. The van der Waals surface area contributed by atoms with Gasteiger partial charge >= 0.3 is 0 Å². The van der Waals surface area contributed by atoms with Crippen LogP contribution in [0.1, 0.15) is 37.7 Å². The van der Waals surface area contributed by atoms with Crippen LogP contribution in [0.4, 0.5) is 0 Å². The monoisotopic (exact) mass is 348 g/mol. The van der Waals surface area contributed by atoms with Crippen LogP contribution in [0.15, 0.2) is 28.7 Å². The fourth-order valence-electron chi connectivity index (χ4n) is 1.67. The van der Waals surface area contributed by atoms with Crippen LogP contribution in [0.3, 0.4) is 0 Å². The number of rotatable bonds is 8. The fraction of sp³-hybridized carbons (Fsp3) is 0.500. The molecule has 0 radical (unpaired) electrons. The molecule has 0 aliphatic rings. The molecule has 0 aromatic heterocycles. The van der Waals surface area contributed by atoms with Crippen molar-refractivity contribution in [3.63, 3.8) is 0 Å². The van der Waals surface area contributed by atoms with Gasteiger partial charge in [0.2, 0.25) is 5.91 Å². The van der Waals surface area contributed by atoms with Gasteiger partial charge in [0.25, 0.3) is 0 Å². The van der Waals surface area contributed by atoms with Gasteiger partial charge in [-0.2, -0.15) is 0 Å². The molecule has 0 saturated heterocycles. The van der Waals surface area contributed by atoms with Gasteiger partial charge in [-0.3, -0.25) is 4.79 Å². The summed E-state index contributed by atoms with van der Waals surface area (Å²) in [6.07, 6.45) is 4.83. The van der Waals surface area contributed by atoms with Crippen LogP contribution < -0.4 is 11.1 Å². The number of halogens is 2. The zero-order valence-corrected chi connectivity index (χ0v) is 13.4. The van der Waals surface area contributed by atoms with Crippen molar-refractivity contribution in [2.24, 2.45) is 5.73 Å². The number of carbonyl (C=O) groups excluding carboxylic acids is 1. The van der Waals surface area contributed by atoms with E-state index in [0.29, 0.717) is 13.0 Å². The third-order valence-electron chi connectivity index (χ3n) is 2.76. The van der Waals surface area contributed by atoms with Crippen LogP contribution in [0.25, 0.3) is 0 Å². The molecule has 19 heavy (non-hydrogen) atoms. The van der Waals surface area contributed by atoms with Crippen LogP contribution in [0, 0.1) is 0 Å². The smallest absolute Gasteiger partial charge is 0.220 e. The van der Waals surface area contributed by atoms with Crippen molar-refractivity contribution in [2.75, 3.05) is 6.54 Å². The van der Waals surface area contributed by atoms with Gasteiger partial charge in [0.15, 0.2) is 0 Å². The zero-order valence-electron chi connectivity index (χ0n) is 11.0. The van der Waals surface area contributed by atoms with Crippen molar-refractivity contribution in [1.29, 1.82) is 0 Å². The molecule has 1 rings (SSSR count). The summed E-state index contributed by atoms with van der Waals surface area (Å²) in [6, 6.07) is 7.97. The molecule has 3 nitrogen and oxygen atoms in total. The Kier molecular flexibility index (Phi) is 10.9. The van der Waals surface area contributed by atoms with Gasteiger partial charge in [0, 0.05) is 17.4 Å². The molecule has 0 heterocycles.